The molecular weight excluding hydrogens is 253 g/mol. The highest BCUT2D eigenvalue weighted by Gasteiger charge is 2.38. The first-order valence-corrected chi connectivity index (χ1v) is 6.25. The van der Waals surface area contributed by atoms with E-state index in [0.717, 1.165) is 0 Å². The van der Waals surface area contributed by atoms with Crippen LogP contribution in [0.5, 0.6) is 0 Å². The quantitative estimate of drug-likeness (QED) is 0.784. The van der Waals surface area contributed by atoms with Gasteiger partial charge >= 0.3 is 12.1 Å². The number of hydrogen-bond donors (Lipinski definition) is 1. The lowest BCUT2D eigenvalue weighted by atomic mass is 9.86. The lowest BCUT2D eigenvalue weighted by Crippen LogP contribution is -2.53. The SMILES string of the molecule is CCOC(=O)[C@@H](NC(=O)OC(C)(C)C)C(C)(C)CF. The minimum absolute atomic E-state index is 0.160. The van der Waals surface area contributed by atoms with Crippen LogP contribution in [0, 0.1) is 5.41 Å². The third-order valence-electron chi connectivity index (χ3n) is 2.31. The van der Waals surface area contributed by atoms with E-state index in [1.165, 1.54) is 13.8 Å². The monoisotopic (exact) mass is 277 g/mol. The second-order valence-corrected chi connectivity index (χ2v) is 5.95. The first-order chi connectivity index (χ1) is 8.53. The zero-order chi connectivity index (χ0) is 15.3. The number of nitrogens with one attached hydrogen (secondary N) is 1. The van der Waals surface area contributed by atoms with Crippen LogP contribution in [0.3, 0.4) is 0 Å². The Morgan fingerprint density at radius 3 is 2.11 bits per heavy atom. The molecule has 112 valence electrons. The Kier molecular flexibility index (Phi) is 6.25. The van der Waals surface area contributed by atoms with E-state index < -0.39 is 35.8 Å². The second kappa shape index (κ2) is 6.73. The first kappa shape index (κ1) is 17.7. The molecule has 19 heavy (non-hydrogen) atoms. The van der Waals surface area contributed by atoms with Crippen LogP contribution in [0.25, 0.3) is 0 Å². The summed E-state index contributed by atoms with van der Waals surface area (Å²) < 4.78 is 22.9. The third-order valence-corrected chi connectivity index (χ3v) is 2.31. The molecule has 0 aromatic carbocycles. The van der Waals surface area contributed by atoms with Crippen LogP contribution in [0.2, 0.25) is 0 Å². The van der Waals surface area contributed by atoms with Gasteiger partial charge in [0.05, 0.1) is 13.3 Å². The number of halogens is 1. The Hall–Kier alpha value is -1.33. The van der Waals surface area contributed by atoms with Crippen molar-refractivity contribution in [2.75, 3.05) is 13.3 Å². The number of carbonyl (C=O) groups excluding carboxylic acids is 2. The van der Waals surface area contributed by atoms with Crippen LogP contribution >= 0.6 is 0 Å². The lowest BCUT2D eigenvalue weighted by Gasteiger charge is -2.31. The van der Waals surface area contributed by atoms with Crippen molar-refractivity contribution in [2.24, 2.45) is 5.41 Å². The van der Waals surface area contributed by atoms with Crippen LogP contribution in [0.1, 0.15) is 41.5 Å². The zero-order valence-corrected chi connectivity index (χ0v) is 12.5. The van der Waals surface area contributed by atoms with Crippen molar-refractivity contribution in [1.29, 1.82) is 0 Å². The normalized spacial score (nSPS) is 13.6. The molecule has 0 saturated carbocycles. The number of ether oxygens (including phenoxy) is 2. The zero-order valence-electron chi connectivity index (χ0n) is 12.5. The van der Waals surface area contributed by atoms with E-state index in [9.17, 15) is 14.0 Å². The molecule has 5 nitrogen and oxygen atoms in total. The van der Waals surface area contributed by atoms with Crippen molar-refractivity contribution < 1.29 is 23.5 Å². The fourth-order valence-electron chi connectivity index (χ4n) is 1.30. The molecule has 0 rings (SSSR count). The third kappa shape index (κ3) is 6.40. The Balaban J connectivity index is 4.87. The fraction of sp³-hybridized carbons (Fsp3) is 0.846. The van der Waals surface area contributed by atoms with E-state index in [-0.39, 0.29) is 6.61 Å². The summed E-state index contributed by atoms with van der Waals surface area (Å²) in [6.45, 7) is 9.20. The molecule has 1 amide bonds. The maximum Gasteiger partial charge on any atom is 0.408 e. The van der Waals surface area contributed by atoms with Gasteiger partial charge in [-0.05, 0) is 27.7 Å². The van der Waals surface area contributed by atoms with Crippen LogP contribution in [-0.4, -0.2) is 37.0 Å². The molecular formula is C13H24FNO4. The molecule has 0 bridgehead atoms. The van der Waals surface area contributed by atoms with Crippen molar-refractivity contribution in [3.63, 3.8) is 0 Å². The molecule has 0 saturated heterocycles. The Morgan fingerprint density at radius 1 is 1.21 bits per heavy atom. The molecule has 0 unspecified atom stereocenters. The molecule has 0 aliphatic rings. The van der Waals surface area contributed by atoms with E-state index in [4.69, 9.17) is 9.47 Å². The summed E-state index contributed by atoms with van der Waals surface area (Å²) in [6, 6.07) is -1.09. The molecule has 1 atom stereocenters. The van der Waals surface area contributed by atoms with Gasteiger partial charge < -0.3 is 14.8 Å². The highest BCUT2D eigenvalue weighted by molar-refractivity contribution is 5.82. The summed E-state index contributed by atoms with van der Waals surface area (Å²) in [6.07, 6.45) is -0.771. The number of carbonyl (C=O) groups is 2. The number of alkyl halides is 1. The number of alkyl carbamates (subject to hydrolysis) is 1. The van der Waals surface area contributed by atoms with Gasteiger partial charge in [-0.2, -0.15) is 0 Å². The number of amides is 1. The van der Waals surface area contributed by atoms with E-state index >= 15 is 0 Å². The standard InChI is InChI=1S/C13H24FNO4/c1-7-18-10(16)9(13(5,6)8-14)15-11(17)19-12(2,3)4/h9H,7-8H2,1-6H3,(H,15,17)/t9-/m1/s1. The molecule has 1 N–H and O–H groups in total. The van der Waals surface area contributed by atoms with Crippen LogP contribution in [0.4, 0.5) is 9.18 Å². The second-order valence-electron chi connectivity index (χ2n) is 5.95. The largest absolute Gasteiger partial charge is 0.464 e. The summed E-state index contributed by atoms with van der Waals surface area (Å²) in [5.41, 5.74) is -1.76. The average Bonchev–Trinajstić information content (AvgIpc) is 2.23. The average molecular weight is 277 g/mol. The molecule has 0 aromatic rings. The lowest BCUT2D eigenvalue weighted by molar-refractivity contribution is -0.149. The van der Waals surface area contributed by atoms with Crippen molar-refractivity contribution >= 4 is 12.1 Å². The van der Waals surface area contributed by atoms with Crippen LogP contribution < -0.4 is 5.32 Å². The maximum atomic E-state index is 13.0. The van der Waals surface area contributed by atoms with Gasteiger partial charge in [-0.3, -0.25) is 4.39 Å². The maximum absolute atomic E-state index is 13.0. The topological polar surface area (TPSA) is 64.6 Å². The Labute approximate surface area is 113 Å². The van der Waals surface area contributed by atoms with Crippen LogP contribution in [0.15, 0.2) is 0 Å². The summed E-state index contributed by atoms with van der Waals surface area (Å²) in [4.78, 5) is 23.5. The van der Waals surface area contributed by atoms with Crippen molar-refractivity contribution in [2.45, 2.75) is 53.2 Å². The molecule has 6 heteroatoms. The van der Waals surface area contributed by atoms with E-state index in [2.05, 4.69) is 5.32 Å². The summed E-state index contributed by atoms with van der Waals surface area (Å²) in [7, 11) is 0. The minimum Gasteiger partial charge on any atom is -0.464 e. The number of esters is 1. The first-order valence-electron chi connectivity index (χ1n) is 6.25. The number of hydrogen-bond acceptors (Lipinski definition) is 4. The predicted molar refractivity (Wildman–Crippen MR) is 69.5 cm³/mol. The summed E-state index contributed by atoms with van der Waals surface area (Å²) in [5.74, 6) is -0.670. The summed E-state index contributed by atoms with van der Waals surface area (Å²) >= 11 is 0. The van der Waals surface area contributed by atoms with Gasteiger partial charge in [0, 0.05) is 5.41 Å². The van der Waals surface area contributed by atoms with E-state index in [1.807, 2.05) is 0 Å². The van der Waals surface area contributed by atoms with Gasteiger partial charge in [-0.25, -0.2) is 9.59 Å². The van der Waals surface area contributed by atoms with Gasteiger partial charge in [0.2, 0.25) is 0 Å². The highest BCUT2D eigenvalue weighted by atomic mass is 19.1. The van der Waals surface area contributed by atoms with Gasteiger partial charge in [-0.1, -0.05) is 13.8 Å². The Bertz CT molecular complexity index is 323. The van der Waals surface area contributed by atoms with Gasteiger partial charge in [-0.15, -0.1) is 0 Å². The summed E-state index contributed by atoms with van der Waals surface area (Å²) in [5, 5.41) is 2.37. The Morgan fingerprint density at radius 2 is 1.74 bits per heavy atom. The number of rotatable bonds is 5. The predicted octanol–water partition coefficient (Wildman–Crippen LogP) is 2.44. The van der Waals surface area contributed by atoms with E-state index in [1.54, 1.807) is 27.7 Å². The molecule has 0 aliphatic carbocycles. The molecule has 0 heterocycles. The van der Waals surface area contributed by atoms with Crippen molar-refractivity contribution in [3.8, 4) is 0 Å². The van der Waals surface area contributed by atoms with Crippen molar-refractivity contribution in [3.05, 3.63) is 0 Å². The smallest absolute Gasteiger partial charge is 0.408 e. The molecule has 0 aliphatic heterocycles. The molecule has 0 fully saturated rings. The highest BCUT2D eigenvalue weighted by Crippen LogP contribution is 2.23. The minimum atomic E-state index is -1.09. The van der Waals surface area contributed by atoms with Gasteiger partial charge in [0.1, 0.15) is 11.6 Å². The van der Waals surface area contributed by atoms with Gasteiger partial charge in [0.15, 0.2) is 0 Å². The van der Waals surface area contributed by atoms with Gasteiger partial charge in [0.25, 0.3) is 0 Å². The fourth-order valence-corrected chi connectivity index (χ4v) is 1.30. The molecule has 0 spiro atoms. The molecule has 0 aromatic heterocycles. The van der Waals surface area contributed by atoms with E-state index in [0.29, 0.717) is 0 Å². The van der Waals surface area contributed by atoms with Crippen molar-refractivity contribution in [1.82, 2.24) is 5.32 Å². The van der Waals surface area contributed by atoms with Crippen LogP contribution in [-0.2, 0) is 14.3 Å². The molecule has 0 radical (unpaired) electrons.